The minimum absolute atomic E-state index is 0.185. The smallest absolute Gasteiger partial charge is 0.219 e. The van der Waals surface area contributed by atoms with Gasteiger partial charge in [-0.2, -0.15) is 0 Å². The van der Waals surface area contributed by atoms with Crippen molar-refractivity contribution in [3.8, 4) is 0 Å². The van der Waals surface area contributed by atoms with Gasteiger partial charge < -0.3 is 4.90 Å². The molecule has 0 spiro atoms. The van der Waals surface area contributed by atoms with Crippen LogP contribution in [0.2, 0.25) is 0 Å². The molecule has 1 fully saturated rings. The maximum absolute atomic E-state index is 10.8. The van der Waals surface area contributed by atoms with Gasteiger partial charge >= 0.3 is 0 Å². The highest BCUT2D eigenvalue weighted by Gasteiger charge is 2.26. The van der Waals surface area contributed by atoms with Gasteiger partial charge in [0.25, 0.3) is 0 Å². The number of rotatable bonds is 2. The number of amides is 1. The van der Waals surface area contributed by atoms with Gasteiger partial charge in [0.1, 0.15) is 0 Å². The molecule has 0 saturated heterocycles. The Kier molecular flexibility index (Phi) is 2.53. The lowest BCUT2D eigenvalue weighted by atomic mass is 9.76. The van der Waals surface area contributed by atoms with Crippen LogP contribution in [0.25, 0.3) is 0 Å². The largest absolute Gasteiger partial charge is 0.346 e. The second kappa shape index (κ2) is 3.24. The topological polar surface area (TPSA) is 20.3 Å². The normalized spacial score (nSPS) is 29.4. The molecule has 0 aliphatic heterocycles. The lowest BCUT2D eigenvalue weighted by molar-refractivity contribution is -0.128. The summed E-state index contributed by atoms with van der Waals surface area (Å²) in [5, 5.41) is 0. The fourth-order valence-electron chi connectivity index (χ4n) is 1.73. The summed E-state index contributed by atoms with van der Waals surface area (Å²) >= 11 is 0. The minimum atomic E-state index is 0.185. The lowest BCUT2D eigenvalue weighted by Crippen LogP contribution is -2.35. The van der Waals surface area contributed by atoms with Crippen LogP contribution in [0.5, 0.6) is 0 Å². The van der Waals surface area contributed by atoms with Crippen molar-refractivity contribution < 1.29 is 4.79 Å². The van der Waals surface area contributed by atoms with E-state index in [9.17, 15) is 4.79 Å². The van der Waals surface area contributed by atoms with E-state index in [1.807, 2.05) is 11.9 Å². The molecule has 0 radical (unpaired) electrons. The van der Waals surface area contributed by atoms with Crippen LogP contribution in [0.15, 0.2) is 0 Å². The van der Waals surface area contributed by atoms with Crippen LogP contribution in [0, 0.1) is 11.8 Å². The molecule has 0 heterocycles. The minimum Gasteiger partial charge on any atom is -0.346 e. The third kappa shape index (κ3) is 2.21. The first-order valence-corrected chi connectivity index (χ1v) is 4.31. The van der Waals surface area contributed by atoms with E-state index >= 15 is 0 Å². The molecule has 0 aromatic rings. The second-order valence-electron chi connectivity index (χ2n) is 3.84. The van der Waals surface area contributed by atoms with E-state index in [0.717, 1.165) is 18.4 Å². The Balaban J connectivity index is 2.16. The molecule has 2 heteroatoms. The number of carbonyl (C=O) groups excluding carboxylic acids is 1. The summed E-state index contributed by atoms with van der Waals surface area (Å²) in [7, 11) is 1.88. The molecule has 0 bridgehead atoms. The molecule has 1 amide bonds. The van der Waals surface area contributed by atoms with E-state index < -0.39 is 0 Å². The molecule has 0 aromatic carbocycles. The summed E-state index contributed by atoms with van der Waals surface area (Å²) < 4.78 is 0. The zero-order valence-electron chi connectivity index (χ0n) is 7.63. The van der Waals surface area contributed by atoms with Crippen molar-refractivity contribution in [2.24, 2.45) is 11.8 Å². The molecule has 0 N–H and O–H groups in total. The molecule has 2 nitrogen and oxygen atoms in total. The van der Waals surface area contributed by atoms with Crippen LogP contribution >= 0.6 is 0 Å². The van der Waals surface area contributed by atoms with E-state index in [1.165, 1.54) is 12.8 Å². The summed E-state index contributed by atoms with van der Waals surface area (Å²) in [4.78, 5) is 12.6. The Hall–Kier alpha value is -0.530. The van der Waals surface area contributed by atoms with Crippen molar-refractivity contribution in [1.82, 2.24) is 4.90 Å². The van der Waals surface area contributed by atoms with Crippen molar-refractivity contribution in [3.63, 3.8) is 0 Å². The standard InChI is InChI=1S/C9H17NO/c1-7-4-9(5-7)6-10(3)8(2)11/h7,9H,4-6H2,1-3H3. The molecule has 1 aliphatic rings. The molecular weight excluding hydrogens is 138 g/mol. The van der Waals surface area contributed by atoms with Crippen molar-refractivity contribution in [1.29, 1.82) is 0 Å². The van der Waals surface area contributed by atoms with Crippen LogP contribution in [-0.2, 0) is 4.79 Å². The average molecular weight is 155 g/mol. The third-order valence-corrected chi connectivity index (χ3v) is 2.54. The summed E-state index contributed by atoms with van der Waals surface area (Å²) in [5.74, 6) is 1.85. The van der Waals surface area contributed by atoms with Gasteiger partial charge in [-0.25, -0.2) is 0 Å². The quantitative estimate of drug-likeness (QED) is 0.592. The zero-order chi connectivity index (χ0) is 8.43. The van der Waals surface area contributed by atoms with E-state index in [0.29, 0.717) is 0 Å². The van der Waals surface area contributed by atoms with Gasteiger partial charge in [0.05, 0.1) is 0 Å². The van der Waals surface area contributed by atoms with Gasteiger partial charge in [-0.15, -0.1) is 0 Å². The first-order valence-electron chi connectivity index (χ1n) is 4.31. The molecule has 64 valence electrons. The monoisotopic (exact) mass is 155 g/mol. The van der Waals surface area contributed by atoms with Gasteiger partial charge in [-0.05, 0) is 24.7 Å². The predicted octanol–water partition coefficient (Wildman–Crippen LogP) is 1.51. The molecular formula is C9H17NO. The molecule has 0 atom stereocenters. The van der Waals surface area contributed by atoms with E-state index in [2.05, 4.69) is 6.92 Å². The Bertz CT molecular complexity index is 150. The molecule has 1 aliphatic carbocycles. The first kappa shape index (κ1) is 8.57. The summed E-state index contributed by atoms with van der Waals surface area (Å²) in [6, 6.07) is 0. The molecule has 1 rings (SSSR count). The predicted molar refractivity (Wildman–Crippen MR) is 45.2 cm³/mol. The van der Waals surface area contributed by atoms with E-state index in [1.54, 1.807) is 6.92 Å². The highest BCUT2D eigenvalue weighted by molar-refractivity contribution is 5.72. The summed E-state index contributed by atoms with van der Waals surface area (Å²) in [6.45, 7) is 4.85. The maximum atomic E-state index is 10.8. The molecule has 0 unspecified atom stereocenters. The Labute approximate surface area is 68.6 Å². The van der Waals surface area contributed by atoms with Crippen LogP contribution in [0.1, 0.15) is 26.7 Å². The average Bonchev–Trinajstić information content (AvgIpc) is 1.84. The number of hydrogen-bond acceptors (Lipinski definition) is 1. The van der Waals surface area contributed by atoms with Gasteiger partial charge in [-0.3, -0.25) is 4.79 Å². The number of hydrogen-bond donors (Lipinski definition) is 0. The molecule has 11 heavy (non-hydrogen) atoms. The Morgan fingerprint density at radius 2 is 2.09 bits per heavy atom. The maximum Gasteiger partial charge on any atom is 0.219 e. The lowest BCUT2D eigenvalue weighted by Gasteiger charge is -2.35. The van der Waals surface area contributed by atoms with Crippen LogP contribution in [0.3, 0.4) is 0 Å². The van der Waals surface area contributed by atoms with E-state index in [-0.39, 0.29) is 5.91 Å². The number of carbonyl (C=O) groups is 1. The SMILES string of the molecule is CC(=O)N(C)CC1CC(C)C1. The zero-order valence-corrected chi connectivity index (χ0v) is 7.63. The highest BCUT2D eigenvalue weighted by atomic mass is 16.2. The number of nitrogens with zero attached hydrogens (tertiary/aromatic N) is 1. The fraction of sp³-hybridized carbons (Fsp3) is 0.889. The van der Waals surface area contributed by atoms with Crippen LogP contribution in [0.4, 0.5) is 0 Å². The molecule has 1 saturated carbocycles. The Morgan fingerprint density at radius 1 is 1.55 bits per heavy atom. The van der Waals surface area contributed by atoms with Crippen molar-refractivity contribution in [2.75, 3.05) is 13.6 Å². The van der Waals surface area contributed by atoms with Crippen molar-refractivity contribution >= 4 is 5.91 Å². The highest BCUT2D eigenvalue weighted by Crippen LogP contribution is 2.33. The van der Waals surface area contributed by atoms with Crippen LogP contribution < -0.4 is 0 Å². The van der Waals surface area contributed by atoms with Gasteiger partial charge in [0.15, 0.2) is 0 Å². The van der Waals surface area contributed by atoms with Crippen molar-refractivity contribution in [3.05, 3.63) is 0 Å². The summed E-state index contributed by atoms with van der Waals surface area (Å²) in [6.07, 6.45) is 2.61. The van der Waals surface area contributed by atoms with Crippen molar-refractivity contribution in [2.45, 2.75) is 26.7 Å². The molecule has 0 aromatic heterocycles. The first-order chi connectivity index (χ1) is 5.09. The fourth-order valence-corrected chi connectivity index (χ4v) is 1.73. The van der Waals surface area contributed by atoms with E-state index in [4.69, 9.17) is 0 Å². The summed E-state index contributed by atoms with van der Waals surface area (Å²) in [5.41, 5.74) is 0. The van der Waals surface area contributed by atoms with Gasteiger partial charge in [0.2, 0.25) is 5.91 Å². The Morgan fingerprint density at radius 3 is 2.45 bits per heavy atom. The second-order valence-corrected chi connectivity index (χ2v) is 3.84. The van der Waals surface area contributed by atoms with Crippen LogP contribution in [-0.4, -0.2) is 24.4 Å². The third-order valence-electron chi connectivity index (χ3n) is 2.54. The van der Waals surface area contributed by atoms with Gasteiger partial charge in [-0.1, -0.05) is 6.92 Å². The van der Waals surface area contributed by atoms with Gasteiger partial charge in [0, 0.05) is 20.5 Å².